The van der Waals surface area contributed by atoms with E-state index in [0.29, 0.717) is 0 Å². The third-order valence-electron chi connectivity index (χ3n) is 25.4. The highest BCUT2D eigenvalue weighted by Gasteiger charge is 2.89. The molecule has 1 fully saturated rings. The SMILES string of the molecule is O=[N+]([O-])c1ccc(S(=O)(=O)N2C34c5c6c7c8c9c%10c(c%11c%12c3c3c5c5c%13c6c6c7c7c9c9c%14c%10c%10c%11c%11c%12c%12c3c3c5c5c%13c%13c6c6c7c9c7c9c%14c%10c%10c%11c%11c%12c3c3c5c5c%13c6c7c6c9c%10c%11c3c56)C824)cc1. The molecule has 0 amide bonds. The molecule has 5 aliphatic rings. The van der Waals surface area contributed by atoms with Crippen LogP contribution >= 0.6 is 0 Å². The van der Waals surface area contributed by atoms with Gasteiger partial charge in [-0.25, -0.2) is 8.42 Å². The quantitative estimate of drug-likeness (QED) is 0.0765. The molecule has 4 aliphatic carbocycles. The van der Waals surface area contributed by atoms with Gasteiger partial charge in [0.05, 0.1) is 9.82 Å². The van der Waals surface area contributed by atoms with Crippen LogP contribution in [0.4, 0.5) is 5.69 Å². The molecule has 0 saturated carbocycles. The van der Waals surface area contributed by atoms with Crippen molar-refractivity contribution in [3.8, 4) is 0 Å². The number of hydrogen-bond donors (Lipinski definition) is 0. The second-order valence-corrected chi connectivity index (χ2v) is 27.5. The van der Waals surface area contributed by atoms with Gasteiger partial charge < -0.3 is 0 Å². The third-order valence-corrected chi connectivity index (χ3v) is 27.3. The zero-order valence-electron chi connectivity index (χ0n) is 36.2. The van der Waals surface area contributed by atoms with Gasteiger partial charge in [-0.2, -0.15) is 4.31 Å². The number of benzene rings is 19. The van der Waals surface area contributed by atoms with Crippen molar-refractivity contribution in [1.29, 1.82) is 0 Å². The standard InChI is InChI=1S/C66H4N2O4S/c69-67(70)5-1-3-6(4-2-5)73(71,72)68-65-61-53-45-35-25-17-9-7-8-11-15-13(9)21-29-23(15)33-27-19(11)20-12(8)16-14-10(7)18(17)26-32-22(14)30-24(16)34-28(20)38-37(27)47-41(33)51-43(29)49(39(45)31(21)25)57(61)59(51)63-55(47)56-48(38)42(34)52-44(30)50-40(32)46(36(26)35)54(53)62(65)58(50)60(52)64(56)66(63,65)68/h1-4H. The summed E-state index contributed by atoms with van der Waals surface area (Å²) in [6, 6.07) is 5.87. The summed E-state index contributed by atoms with van der Waals surface area (Å²) in [5.74, 6) is 0. The Balaban J connectivity index is 1.11. The first-order valence-electron chi connectivity index (χ1n) is 26.1. The van der Waals surface area contributed by atoms with Crippen molar-refractivity contribution in [2.45, 2.75) is 16.0 Å². The summed E-state index contributed by atoms with van der Waals surface area (Å²) < 4.78 is 35.9. The molecule has 7 heteroatoms. The lowest BCUT2D eigenvalue weighted by Crippen LogP contribution is -2.27. The fourth-order valence-electron chi connectivity index (χ4n) is 25.1. The smallest absolute Gasteiger partial charge is 0.258 e. The first kappa shape index (κ1) is 27.6. The van der Waals surface area contributed by atoms with Gasteiger partial charge in [-0.3, -0.25) is 10.1 Å². The minimum absolute atomic E-state index is 0.101. The van der Waals surface area contributed by atoms with Crippen LogP contribution in [0.25, 0.3) is 291 Å². The minimum atomic E-state index is -4.35. The topological polar surface area (TPSA) is 80.3 Å². The first-order chi connectivity index (χ1) is 36.0. The molecular weight excluding hydrogens is 917 g/mol. The molecule has 1 heterocycles. The highest BCUT2D eigenvalue weighted by molar-refractivity contribution is 7.89. The molecule has 2 spiro atoms. The predicted molar refractivity (Wildman–Crippen MR) is 296 cm³/mol. The van der Waals surface area contributed by atoms with Crippen LogP contribution in [0.3, 0.4) is 0 Å². The van der Waals surface area contributed by atoms with E-state index in [4.69, 9.17) is 0 Å². The van der Waals surface area contributed by atoms with E-state index in [1.54, 1.807) is 53.9 Å². The van der Waals surface area contributed by atoms with E-state index < -0.39 is 26.0 Å². The molecule has 29 aromatic rings. The van der Waals surface area contributed by atoms with Crippen LogP contribution in [-0.2, 0) is 21.1 Å². The Bertz CT molecular complexity index is 7190. The number of sulfonamides is 1. The van der Waals surface area contributed by atoms with Gasteiger partial charge in [-0.15, -0.1) is 0 Å². The van der Waals surface area contributed by atoms with Crippen molar-refractivity contribution in [3.63, 3.8) is 0 Å². The Morgan fingerprint density at radius 1 is 0.274 bits per heavy atom. The molecular formula is C66H4N2O4S. The number of hydrogen-bond acceptors (Lipinski definition) is 4. The van der Waals surface area contributed by atoms with Crippen molar-refractivity contribution in [2.24, 2.45) is 0 Å². The van der Waals surface area contributed by atoms with Gasteiger partial charge in [0.2, 0.25) is 10.0 Å². The zero-order valence-corrected chi connectivity index (χ0v) is 37.1. The maximum Gasteiger partial charge on any atom is 0.269 e. The van der Waals surface area contributed by atoms with Gasteiger partial charge in [-0.1, -0.05) is 0 Å². The number of non-ortho nitro benzene ring substituents is 1. The molecule has 0 aromatic heterocycles. The van der Waals surface area contributed by atoms with Crippen molar-refractivity contribution in [3.05, 3.63) is 56.6 Å². The summed E-state index contributed by atoms with van der Waals surface area (Å²) in [4.78, 5) is 11.9. The van der Waals surface area contributed by atoms with E-state index in [1.165, 1.54) is 284 Å². The Morgan fingerprint density at radius 3 is 0.575 bits per heavy atom. The van der Waals surface area contributed by atoms with Crippen LogP contribution in [0.5, 0.6) is 0 Å². The monoisotopic (exact) mass is 920 g/mol. The predicted octanol–water partition coefficient (Wildman–Crippen LogP) is 16.8. The Kier molecular flexibility index (Phi) is 2.31. The lowest BCUT2D eigenvalue weighted by Gasteiger charge is -2.29. The highest BCUT2D eigenvalue weighted by atomic mass is 32.2. The molecule has 34 rings (SSSR count). The fourth-order valence-corrected chi connectivity index (χ4v) is 27.1. The number of nitro groups is 1. The molecule has 0 bridgehead atoms. The second-order valence-electron chi connectivity index (χ2n) is 25.7. The van der Waals surface area contributed by atoms with Gasteiger partial charge >= 0.3 is 0 Å². The average molecular weight is 921 g/mol. The fraction of sp³-hybridized carbons (Fsp3) is 0.0303. The third kappa shape index (κ3) is 1.46. The number of nitro benzene ring substituents is 1. The van der Waals surface area contributed by atoms with Gasteiger partial charge in [0.1, 0.15) is 11.1 Å². The highest BCUT2D eigenvalue weighted by Crippen LogP contribution is 2.91. The van der Waals surface area contributed by atoms with Crippen LogP contribution in [0.15, 0.2) is 29.2 Å². The van der Waals surface area contributed by atoms with Crippen LogP contribution in [0.2, 0.25) is 0 Å². The van der Waals surface area contributed by atoms with Gasteiger partial charge in [-0.05, 0) is 325 Å². The average Bonchev–Trinajstić information content (AvgIpc) is 4.38. The molecule has 0 atom stereocenters. The molecule has 73 heavy (non-hydrogen) atoms. The van der Waals surface area contributed by atoms with Gasteiger partial charge in [0.25, 0.3) is 5.69 Å². The van der Waals surface area contributed by atoms with Crippen molar-refractivity contribution in [2.75, 3.05) is 0 Å². The normalized spacial score (nSPS) is 23.0. The molecule has 1 aliphatic heterocycles. The van der Waals surface area contributed by atoms with E-state index in [9.17, 15) is 10.1 Å². The van der Waals surface area contributed by atoms with E-state index >= 15 is 8.42 Å². The van der Waals surface area contributed by atoms with Gasteiger partial charge in [0.15, 0.2) is 0 Å². The first-order valence-corrected chi connectivity index (χ1v) is 27.5. The molecule has 0 unspecified atom stereocenters. The van der Waals surface area contributed by atoms with Crippen LogP contribution in [0, 0.1) is 10.1 Å². The molecule has 29 aromatic carbocycles. The van der Waals surface area contributed by atoms with Crippen LogP contribution in [-0.4, -0.2) is 17.6 Å². The lowest BCUT2D eigenvalue weighted by molar-refractivity contribution is -0.384. The van der Waals surface area contributed by atoms with Crippen molar-refractivity contribution < 1.29 is 13.3 Å². The molecule has 0 N–H and O–H groups in total. The minimum Gasteiger partial charge on any atom is -0.258 e. The van der Waals surface area contributed by atoms with Gasteiger partial charge in [0, 0.05) is 12.1 Å². The Hall–Kier alpha value is -9.01. The number of nitrogens with zero attached hydrogens (tertiary/aromatic N) is 2. The summed E-state index contributed by atoms with van der Waals surface area (Å²) in [6.45, 7) is 0. The summed E-state index contributed by atoms with van der Waals surface area (Å²) in [5, 5.41) is 91.2. The lowest BCUT2D eigenvalue weighted by atomic mass is 9.68. The molecule has 308 valence electrons. The summed E-state index contributed by atoms with van der Waals surface area (Å²) >= 11 is 0. The van der Waals surface area contributed by atoms with E-state index in [0.717, 1.165) is 0 Å². The maximum atomic E-state index is 16.9. The number of rotatable bonds is 3. The largest absolute Gasteiger partial charge is 0.269 e. The summed E-state index contributed by atoms with van der Waals surface area (Å²) in [5.41, 5.74) is 2.84. The Labute approximate surface area is 394 Å². The zero-order chi connectivity index (χ0) is 44.1. The van der Waals surface area contributed by atoms with E-state index in [1.807, 2.05) is 0 Å². The van der Waals surface area contributed by atoms with Crippen molar-refractivity contribution >= 4 is 307 Å². The molecule has 1 saturated heterocycles. The van der Waals surface area contributed by atoms with E-state index in [-0.39, 0.29) is 10.6 Å². The second kappa shape index (κ2) is 6.11. The summed E-state index contributed by atoms with van der Waals surface area (Å²) in [7, 11) is -4.35. The molecule has 0 radical (unpaired) electrons. The van der Waals surface area contributed by atoms with E-state index in [2.05, 4.69) is 4.31 Å². The van der Waals surface area contributed by atoms with Crippen molar-refractivity contribution in [1.82, 2.24) is 4.31 Å². The maximum absolute atomic E-state index is 16.9. The van der Waals surface area contributed by atoms with Crippen LogP contribution in [0.1, 0.15) is 22.3 Å². The molecule has 6 nitrogen and oxygen atoms in total. The van der Waals surface area contributed by atoms with Crippen LogP contribution < -0.4 is 0 Å². The Morgan fingerprint density at radius 2 is 0.425 bits per heavy atom. The summed E-state index contributed by atoms with van der Waals surface area (Å²) in [6.07, 6.45) is 0.